The Morgan fingerprint density at radius 2 is 1.44 bits per heavy atom. The molecule has 186 valence electrons. The zero-order valence-electron chi connectivity index (χ0n) is 21.5. The van der Waals surface area contributed by atoms with Gasteiger partial charge in [-0.25, -0.2) is 0 Å². The van der Waals surface area contributed by atoms with Crippen molar-refractivity contribution in [2.45, 2.75) is 32.1 Å². The summed E-state index contributed by atoms with van der Waals surface area (Å²) >= 11 is 0. The molecule has 36 heavy (non-hydrogen) atoms. The third-order valence-electron chi connectivity index (χ3n) is 7.18. The number of piperidine rings is 1. The minimum Gasteiger partial charge on any atom is -0.497 e. The normalized spacial score (nSPS) is 15.0. The van der Waals surface area contributed by atoms with E-state index < -0.39 is 0 Å². The molecule has 4 aromatic carbocycles. The van der Waals surface area contributed by atoms with E-state index in [4.69, 9.17) is 14.2 Å². The van der Waals surface area contributed by atoms with Crippen molar-refractivity contribution in [2.75, 3.05) is 33.9 Å². The molecule has 1 aliphatic rings. The summed E-state index contributed by atoms with van der Waals surface area (Å²) in [5.41, 5.74) is 3.56. The van der Waals surface area contributed by atoms with E-state index >= 15 is 0 Å². The third-order valence-corrected chi connectivity index (χ3v) is 7.18. The molecule has 5 rings (SSSR count). The van der Waals surface area contributed by atoms with Gasteiger partial charge in [-0.1, -0.05) is 43.7 Å². The van der Waals surface area contributed by atoms with Crippen LogP contribution in [0.25, 0.3) is 21.9 Å². The van der Waals surface area contributed by atoms with Crippen LogP contribution >= 0.6 is 0 Å². The van der Waals surface area contributed by atoms with E-state index in [0.717, 1.165) is 51.4 Å². The molecule has 0 aromatic heterocycles. The summed E-state index contributed by atoms with van der Waals surface area (Å²) in [7, 11) is 3.42. The maximum atomic E-state index is 6.70. The Kier molecular flexibility index (Phi) is 7.43. The molecule has 4 heteroatoms. The molecule has 0 aliphatic carbocycles. The first-order valence-electron chi connectivity index (χ1n) is 12.9. The Bertz CT molecular complexity index is 1290. The molecule has 4 aromatic rings. The predicted octanol–water partition coefficient (Wildman–Crippen LogP) is 7.91. The molecule has 1 heterocycles. The van der Waals surface area contributed by atoms with Gasteiger partial charge >= 0.3 is 0 Å². The predicted molar refractivity (Wildman–Crippen MR) is 148 cm³/mol. The Hall–Kier alpha value is -3.50. The van der Waals surface area contributed by atoms with Crippen molar-refractivity contribution in [3.63, 3.8) is 0 Å². The number of likely N-dealkylation sites (tertiary alicyclic amines) is 1. The molecule has 1 saturated heterocycles. The number of fused-ring (bicyclic) bond motifs is 1. The number of nitrogens with zero attached hydrogens (tertiary/aromatic N) is 1. The second-order valence-corrected chi connectivity index (χ2v) is 9.66. The lowest BCUT2D eigenvalue weighted by Gasteiger charge is -2.30. The van der Waals surface area contributed by atoms with Crippen LogP contribution in [0.5, 0.6) is 23.0 Å². The highest BCUT2D eigenvalue weighted by atomic mass is 16.5. The van der Waals surface area contributed by atoms with Crippen LogP contribution in [0, 0.1) is 0 Å². The van der Waals surface area contributed by atoms with E-state index in [1.807, 2.05) is 48.5 Å². The topological polar surface area (TPSA) is 30.9 Å². The van der Waals surface area contributed by atoms with Crippen LogP contribution in [0.15, 0.2) is 78.9 Å². The number of ether oxygens (including phenoxy) is 3. The van der Waals surface area contributed by atoms with Gasteiger partial charge in [0, 0.05) is 17.5 Å². The number of hydrogen-bond donors (Lipinski definition) is 0. The molecule has 4 nitrogen and oxygen atoms in total. The van der Waals surface area contributed by atoms with E-state index in [-0.39, 0.29) is 0 Å². The van der Waals surface area contributed by atoms with Crippen molar-refractivity contribution in [2.24, 2.45) is 0 Å². The molecule has 0 bridgehead atoms. The summed E-state index contributed by atoms with van der Waals surface area (Å²) in [4.78, 5) is 2.61. The fourth-order valence-electron chi connectivity index (χ4n) is 5.28. The molecule has 0 radical (unpaired) electrons. The van der Waals surface area contributed by atoms with Crippen LogP contribution in [0.3, 0.4) is 0 Å². The van der Waals surface area contributed by atoms with Gasteiger partial charge in [0.25, 0.3) is 0 Å². The van der Waals surface area contributed by atoms with Crippen LogP contribution in [-0.4, -0.2) is 38.8 Å². The SMILES string of the molecule is COc1ccc(-c2c(C(C)CN3CCCCC3)cc3cc(OC)ccc3c2Oc2ccccc2)cc1. The molecule has 0 saturated carbocycles. The van der Waals surface area contributed by atoms with Crippen molar-refractivity contribution in [3.8, 4) is 34.1 Å². The average molecular weight is 482 g/mol. The standard InChI is InChI=1S/C32H35NO3/c1-23(22-33-18-8-5-9-19-33)30-21-25-20-28(35-3)16-17-29(25)32(36-27-10-6-4-7-11-27)31(30)24-12-14-26(34-2)15-13-24/h4,6-7,10-17,20-21,23H,5,8-9,18-19,22H2,1-3H3. The second-order valence-electron chi connectivity index (χ2n) is 9.66. The quantitative estimate of drug-likeness (QED) is 0.256. The van der Waals surface area contributed by atoms with Crippen LogP contribution < -0.4 is 14.2 Å². The number of rotatable bonds is 8. The van der Waals surface area contributed by atoms with Crippen LogP contribution in [-0.2, 0) is 0 Å². The number of benzene rings is 4. The summed E-state index contributed by atoms with van der Waals surface area (Å²) in [6.45, 7) is 5.73. The van der Waals surface area contributed by atoms with E-state index in [1.54, 1.807) is 14.2 Å². The lowest BCUT2D eigenvalue weighted by Crippen LogP contribution is -2.33. The van der Waals surface area contributed by atoms with Gasteiger partial charge in [-0.05, 0) is 96.9 Å². The second kappa shape index (κ2) is 11.0. The van der Waals surface area contributed by atoms with Gasteiger partial charge in [0.15, 0.2) is 0 Å². The fraction of sp³-hybridized carbons (Fsp3) is 0.312. The maximum Gasteiger partial charge on any atom is 0.143 e. The highest BCUT2D eigenvalue weighted by molar-refractivity contribution is 5.98. The molecule has 0 spiro atoms. The van der Waals surface area contributed by atoms with Crippen molar-refractivity contribution >= 4 is 10.8 Å². The van der Waals surface area contributed by atoms with Crippen molar-refractivity contribution in [3.05, 3.63) is 84.4 Å². The van der Waals surface area contributed by atoms with Gasteiger partial charge in [0.2, 0.25) is 0 Å². The Labute approximate surface area is 214 Å². The first-order chi connectivity index (χ1) is 17.7. The number of methoxy groups -OCH3 is 2. The van der Waals surface area contributed by atoms with E-state index in [2.05, 4.69) is 42.2 Å². The summed E-state index contributed by atoms with van der Waals surface area (Å²) in [6, 6.07) is 27.0. The monoisotopic (exact) mass is 481 g/mol. The summed E-state index contributed by atoms with van der Waals surface area (Å²) < 4.78 is 17.7. The lowest BCUT2D eigenvalue weighted by molar-refractivity contribution is 0.219. The highest BCUT2D eigenvalue weighted by Crippen LogP contribution is 2.45. The molecule has 1 unspecified atom stereocenters. The van der Waals surface area contributed by atoms with Crippen molar-refractivity contribution in [1.82, 2.24) is 4.90 Å². The number of para-hydroxylation sites is 1. The first-order valence-corrected chi connectivity index (χ1v) is 12.9. The van der Waals surface area contributed by atoms with Gasteiger partial charge in [-0.2, -0.15) is 0 Å². The summed E-state index contributed by atoms with van der Waals surface area (Å²) in [5.74, 6) is 3.73. The molecule has 1 aliphatic heterocycles. The maximum absolute atomic E-state index is 6.70. The molecular formula is C32H35NO3. The Morgan fingerprint density at radius 3 is 2.14 bits per heavy atom. The molecule has 1 fully saturated rings. The molecule has 0 amide bonds. The van der Waals surface area contributed by atoms with Gasteiger partial charge in [0.1, 0.15) is 23.0 Å². The number of hydrogen-bond acceptors (Lipinski definition) is 4. The summed E-state index contributed by atoms with van der Waals surface area (Å²) in [5, 5.41) is 2.19. The fourth-order valence-corrected chi connectivity index (χ4v) is 5.28. The zero-order chi connectivity index (χ0) is 24.9. The van der Waals surface area contributed by atoms with Gasteiger partial charge in [-0.15, -0.1) is 0 Å². The van der Waals surface area contributed by atoms with Crippen LogP contribution in [0.1, 0.15) is 37.7 Å². The largest absolute Gasteiger partial charge is 0.497 e. The minimum absolute atomic E-state index is 0.328. The zero-order valence-corrected chi connectivity index (χ0v) is 21.5. The van der Waals surface area contributed by atoms with Crippen molar-refractivity contribution < 1.29 is 14.2 Å². The smallest absolute Gasteiger partial charge is 0.143 e. The minimum atomic E-state index is 0.328. The Morgan fingerprint density at radius 1 is 0.750 bits per heavy atom. The van der Waals surface area contributed by atoms with Crippen molar-refractivity contribution in [1.29, 1.82) is 0 Å². The average Bonchev–Trinajstić information content (AvgIpc) is 2.93. The molecule has 1 atom stereocenters. The third kappa shape index (κ3) is 5.19. The van der Waals surface area contributed by atoms with Gasteiger partial charge in [-0.3, -0.25) is 0 Å². The highest BCUT2D eigenvalue weighted by Gasteiger charge is 2.23. The van der Waals surface area contributed by atoms with Crippen LogP contribution in [0.2, 0.25) is 0 Å². The van der Waals surface area contributed by atoms with Gasteiger partial charge in [0.05, 0.1) is 14.2 Å². The summed E-state index contributed by atoms with van der Waals surface area (Å²) in [6.07, 6.45) is 3.91. The first kappa shape index (κ1) is 24.2. The molecule has 0 N–H and O–H groups in total. The Balaban J connectivity index is 1.71. The van der Waals surface area contributed by atoms with E-state index in [1.165, 1.54) is 37.9 Å². The van der Waals surface area contributed by atoms with Crippen LogP contribution in [0.4, 0.5) is 0 Å². The lowest BCUT2D eigenvalue weighted by atomic mass is 9.87. The van der Waals surface area contributed by atoms with E-state index in [0.29, 0.717) is 5.92 Å². The van der Waals surface area contributed by atoms with E-state index in [9.17, 15) is 0 Å². The van der Waals surface area contributed by atoms with Gasteiger partial charge < -0.3 is 19.1 Å². The molecular weight excluding hydrogens is 446 g/mol.